The second kappa shape index (κ2) is 11.3. The Hall–Kier alpha value is -2.51. The topological polar surface area (TPSA) is 77.6 Å². The largest absolute Gasteiger partial charge is 0.401 e. The standard InChI is InChI=1S/C25H32F5N5O2S/c1-3-38(36,37)33-21-8-6-19-20(23(21)27)11-16(2)35(15-25(28,29)30)24(19)22-7-5-17(12-31-22)32-18-13-34(14-18)10-4-9-26/h5-8,12,16,18,24,32-33H,3-4,9-11,13-15H2,1-2H3. The molecule has 3 heterocycles. The average Bonchev–Trinajstić information content (AvgIpc) is 2.83. The monoisotopic (exact) mass is 561 g/mol. The molecule has 13 heteroatoms. The van der Waals surface area contributed by atoms with E-state index in [0.717, 1.165) is 13.1 Å². The van der Waals surface area contributed by atoms with Crippen LogP contribution in [0, 0.1) is 5.82 Å². The lowest BCUT2D eigenvalue weighted by atomic mass is 9.86. The first-order chi connectivity index (χ1) is 17.9. The van der Waals surface area contributed by atoms with Crippen molar-refractivity contribution < 1.29 is 30.4 Å². The van der Waals surface area contributed by atoms with E-state index < -0.39 is 40.6 Å². The summed E-state index contributed by atoms with van der Waals surface area (Å²) in [6.07, 6.45) is -2.47. The third-order valence-electron chi connectivity index (χ3n) is 6.98. The van der Waals surface area contributed by atoms with E-state index in [1.54, 1.807) is 25.3 Å². The summed E-state index contributed by atoms with van der Waals surface area (Å²) < 4.78 is 94.7. The van der Waals surface area contributed by atoms with Crippen LogP contribution in [-0.2, 0) is 16.4 Å². The fourth-order valence-corrected chi connectivity index (χ4v) is 5.70. The Morgan fingerprint density at radius 3 is 2.50 bits per heavy atom. The van der Waals surface area contributed by atoms with Crippen LogP contribution in [0.1, 0.15) is 43.1 Å². The van der Waals surface area contributed by atoms with Gasteiger partial charge in [0.2, 0.25) is 10.0 Å². The molecule has 1 fully saturated rings. The molecule has 0 amide bonds. The SMILES string of the molecule is CCS(=O)(=O)Nc1ccc2c(c1F)CC(C)N(CC(F)(F)F)C2c1ccc(NC2CN(CCCF)C2)cn1. The lowest BCUT2D eigenvalue weighted by Gasteiger charge is -2.42. The van der Waals surface area contributed by atoms with E-state index in [1.165, 1.54) is 24.0 Å². The lowest BCUT2D eigenvalue weighted by molar-refractivity contribution is -0.155. The molecular formula is C25H32F5N5O2S. The maximum atomic E-state index is 15.5. The molecule has 4 rings (SSSR count). The summed E-state index contributed by atoms with van der Waals surface area (Å²) in [6.45, 7) is 3.67. The molecule has 0 aliphatic carbocycles. The summed E-state index contributed by atoms with van der Waals surface area (Å²) in [4.78, 5) is 7.83. The fraction of sp³-hybridized carbons (Fsp3) is 0.560. The molecule has 1 aromatic heterocycles. The number of hydrogen-bond donors (Lipinski definition) is 2. The van der Waals surface area contributed by atoms with Gasteiger partial charge in [-0.2, -0.15) is 13.2 Å². The van der Waals surface area contributed by atoms with Gasteiger partial charge in [0.1, 0.15) is 0 Å². The first kappa shape index (κ1) is 28.5. The molecular weight excluding hydrogens is 529 g/mol. The van der Waals surface area contributed by atoms with Crippen molar-refractivity contribution in [2.24, 2.45) is 0 Å². The number of likely N-dealkylation sites (tertiary alicyclic amines) is 1. The van der Waals surface area contributed by atoms with Gasteiger partial charge in [-0.1, -0.05) is 6.07 Å². The van der Waals surface area contributed by atoms with Gasteiger partial charge in [-0.25, -0.2) is 12.8 Å². The first-order valence-corrected chi connectivity index (χ1v) is 14.2. The van der Waals surface area contributed by atoms with E-state index in [2.05, 4.69) is 19.9 Å². The van der Waals surface area contributed by atoms with Crippen LogP contribution in [0.25, 0.3) is 0 Å². The van der Waals surface area contributed by atoms with Gasteiger partial charge < -0.3 is 5.32 Å². The van der Waals surface area contributed by atoms with E-state index in [-0.39, 0.29) is 36.1 Å². The fourth-order valence-electron chi connectivity index (χ4n) is 5.06. The lowest BCUT2D eigenvalue weighted by Crippen LogP contribution is -2.54. The number of halogens is 5. The highest BCUT2D eigenvalue weighted by Gasteiger charge is 2.42. The second-order valence-corrected chi connectivity index (χ2v) is 11.9. The second-order valence-electron chi connectivity index (χ2n) is 9.86. The van der Waals surface area contributed by atoms with Crippen LogP contribution in [0.15, 0.2) is 30.5 Å². The number of benzene rings is 1. The van der Waals surface area contributed by atoms with Crippen molar-refractivity contribution in [3.63, 3.8) is 0 Å². The predicted octanol–water partition coefficient (Wildman–Crippen LogP) is 4.34. The van der Waals surface area contributed by atoms with Crippen molar-refractivity contribution in [1.82, 2.24) is 14.8 Å². The number of aromatic nitrogens is 1. The minimum absolute atomic E-state index is 0.0182. The number of sulfonamides is 1. The Labute approximate surface area is 219 Å². The Kier molecular flexibility index (Phi) is 8.48. The van der Waals surface area contributed by atoms with Gasteiger partial charge in [-0.05, 0) is 56.0 Å². The summed E-state index contributed by atoms with van der Waals surface area (Å²) in [7, 11) is -3.74. The predicted molar refractivity (Wildman–Crippen MR) is 136 cm³/mol. The van der Waals surface area contributed by atoms with Gasteiger partial charge in [0.25, 0.3) is 0 Å². The molecule has 2 N–H and O–H groups in total. The Morgan fingerprint density at radius 2 is 1.89 bits per heavy atom. The van der Waals surface area contributed by atoms with E-state index in [9.17, 15) is 26.0 Å². The van der Waals surface area contributed by atoms with Crippen LogP contribution in [0.2, 0.25) is 0 Å². The number of alkyl halides is 4. The van der Waals surface area contributed by atoms with Gasteiger partial charge in [0.15, 0.2) is 5.82 Å². The van der Waals surface area contributed by atoms with E-state index in [4.69, 9.17) is 0 Å². The van der Waals surface area contributed by atoms with Crippen molar-refractivity contribution in [2.75, 3.05) is 48.6 Å². The molecule has 7 nitrogen and oxygen atoms in total. The highest BCUT2D eigenvalue weighted by atomic mass is 32.2. The number of nitrogens with zero attached hydrogens (tertiary/aromatic N) is 3. The molecule has 0 bridgehead atoms. The zero-order valence-corrected chi connectivity index (χ0v) is 22.0. The number of rotatable bonds is 10. The molecule has 210 valence electrons. The third-order valence-corrected chi connectivity index (χ3v) is 8.27. The van der Waals surface area contributed by atoms with Crippen LogP contribution in [0.3, 0.4) is 0 Å². The molecule has 2 aliphatic heterocycles. The van der Waals surface area contributed by atoms with Crippen molar-refractivity contribution in [2.45, 2.75) is 51.0 Å². The summed E-state index contributed by atoms with van der Waals surface area (Å²) in [6, 6.07) is 4.58. The number of pyridine rings is 1. The molecule has 0 saturated carbocycles. The van der Waals surface area contributed by atoms with Crippen LogP contribution in [0.5, 0.6) is 0 Å². The molecule has 38 heavy (non-hydrogen) atoms. The Balaban J connectivity index is 1.61. The van der Waals surface area contributed by atoms with E-state index in [0.29, 0.717) is 29.9 Å². The summed E-state index contributed by atoms with van der Waals surface area (Å²) >= 11 is 0. The quantitative estimate of drug-likeness (QED) is 0.421. The highest BCUT2D eigenvalue weighted by Crippen LogP contribution is 2.41. The minimum atomic E-state index is -4.49. The minimum Gasteiger partial charge on any atom is -0.378 e. The smallest absolute Gasteiger partial charge is 0.378 e. The molecule has 2 aromatic rings. The third kappa shape index (κ3) is 6.55. The van der Waals surface area contributed by atoms with Gasteiger partial charge in [-0.3, -0.25) is 23.9 Å². The van der Waals surface area contributed by atoms with Gasteiger partial charge in [0, 0.05) is 25.7 Å². The zero-order valence-electron chi connectivity index (χ0n) is 21.2. The maximum Gasteiger partial charge on any atom is 0.401 e. The molecule has 1 saturated heterocycles. The van der Waals surface area contributed by atoms with Crippen LogP contribution in [0.4, 0.5) is 33.3 Å². The molecule has 2 unspecified atom stereocenters. The van der Waals surface area contributed by atoms with Gasteiger partial charge in [0.05, 0.1) is 54.3 Å². The first-order valence-electron chi connectivity index (χ1n) is 12.6. The van der Waals surface area contributed by atoms with Crippen molar-refractivity contribution in [3.8, 4) is 0 Å². The van der Waals surface area contributed by atoms with Crippen molar-refractivity contribution in [1.29, 1.82) is 0 Å². The molecule has 1 aromatic carbocycles. The molecule has 2 atom stereocenters. The number of anilines is 2. The molecule has 2 aliphatic rings. The molecule has 0 radical (unpaired) electrons. The Morgan fingerprint density at radius 1 is 1.16 bits per heavy atom. The number of nitrogens with one attached hydrogen (secondary N) is 2. The maximum absolute atomic E-state index is 15.5. The van der Waals surface area contributed by atoms with Gasteiger partial charge in [-0.15, -0.1) is 0 Å². The summed E-state index contributed by atoms with van der Waals surface area (Å²) in [5.74, 6) is -1.04. The number of fused-ring (bicyclic) bond motifs is 1. The average molecular weight is 562 g/mol. The van der Waals surface area contributed by atoms with Gasteiger partial charge >= 0.3 is 6.18 Å². The van der Waals surface area contributed by atoms with Crippen molar-refractivity contribution in [3.05, 3.63) is 53.1 Å². The highest BCUT2D eigenvalue weighted by molar-refractivity contribution is 7.92. The van der Waals surface area contributed by atoms with Crippen LogP contribution < -0.4 is 10.0 Å². The van der Waals surface area contributed by atoms with E-state index >= 15 is 4.39 Å². The van der Waals surface area contributed by atoms with Crippen molar-refractivity contribution >= 4 is 21.4 Å². The summed E-state index contributed by atoms with van der Waals surface area (Å²) in [5, 5.41) is 3.32. The normalized spacial score (nSPS) is 21.1. The summed E-state index contributed by atoms with van der Waals surface area (Å²) in [5.41, 5.74) is 1.29. The van der Waals surface area contributed by atoms with Crippen LogP contribution >= 0.6 is 0 Å². The Bertz CT molecular complexity index is 1220. The number of hydrogen-bond acceptors (Lipinski definition) is 6. The van der Waals surface area contributed by atoms with Crippen LogP contribution in [-0.4, -0.2) is 80.1 Å². The zero-order chi connectivity index (χ0) is 27.7. The van der Waals surface area contributed by atoms with E-state index in [1.807, 2.05) is 0 Å². The molecule has 0 spiro atoms.